The molecule has 1 unspecified atom stereocenters. The summed E-state index contributed by atoms with van der Waals surface area (Å²) >= 11 is 0. The van der Waals surface area contributed by atoms with Gasteiger partial charge in [0.1, 0.15) is 0 Å². The molecule has 0 aromatic carbocycles. The highest BCUT2D eigenvalue weighted by atomic mass is 16.4. The Morgan fingerprint density at radius 2 is 2.27 bits per heavy atom. The molecule has 1 amide bonds. The Morgan fingerprint density at radius 3 is 2.87 bits per heavy atom. The van der Waals surface area contributed by atoms with Crippen LogP contribution in [0.15, 0.2) is 0 Å². The Bertz CT molecular complexity index is 240. The van der Waals surface area contributed by atoms with Gasteiger partial charge in [-0.05, 0) is 12.3 Å². The third kappa shape index (κ3) is 3.90. The highest BCUT2D eigenvalue weighted by molar-refractivity contribution is 5.79. The van der Waals surface area contributed by atoms with E-state index in [1.165, 1.54) is 0 Å². The standard InChI is InChI=1S/C11H19NO3/c1-2-3-4-5-12-8-9(6-10(12)13)7-11(14)15/h9H,2-8H2,1H3,(H,14,15). The maximum Gasteiger partial charge on any atom is 0.303 e. The number of rotatable bonds is 6. The smallest absolute Gasteiger partial charge is 0.303 e. The van der Waals surface area contributed by atoms with Crippen LogP contribution < -0.4 is 0 Å². The van der Waals surface area contributed by atoms with Crippen molar-refractivity contribution < 1.29 is 14.7 Å². The maximum absolute atomic E-state index is 11.5. The van der Waals surface area contributed by atoms with E-state index in [2.05, 4.69) is 6.92 Å². The Labute approximate surface area is 90.3 Å². The Morgan fingerprint density at radius 1 is 1.53 bits per heavy atom. The molecule has 0 radical (unpaired) electrons. The summed E-state index contributed by atoms with van der Waals surface area (Å²) in [6, 6.07) is 0. The summed E-state index contributed by atoms with van der Waals surface area (Å²) in [5.41, 5.74) is 0. The second kappa shape index (κ2) is 5.73. The van der Waals surface area contributed by atoms with Crippen LogP contribution >= 0.6 is 0 Å². The fourth-order valence-electron chi connectivity index (χ4n) is 2.01. The molecule has 1 atom stereocenters. The van der Waals surface area contributed by atoms with Gasteiger partial charge in [0.05, 0.1) is 6.42 Å². The molecule has 1 fully saturated rings. The number of amides is 1. The van der Waals surface area contributed by atoms with E-state index in [0.29, 0.717) is 13.0 Å². The number of aliphatic carboxylic acids is 1. The molecular weight excluding hydrogens is 194 g/mol. The number of likely N-dealkylation sites (tertiary alicyclic amines) is 1. The van der Waals surface area contributed by atoms with Gasteiger partial charge in [0, 0.05) is 19.5 Å². The second-order valence-electron chi connectivity index (χ2n) is 4.21. The number of carbonyl (C=O) groups is 2. The number of carboxylic acid groups (broad SMARTS) is 1. The maximum atomic E-state index is 11.5. The average Bonchev–Trinajstić information content (AvgIpc) is 2.46. The fraction of sp³-hybridized carbons (Fsp3) is 0.818. The third-order valence-electron chi connectivity index (χ3n) is 2.79. The molecule has 4 heteroatoms. The van der Waals surface area contributed by atoms with E-state index < -0.39 is 5.97 Å². The van der Waals surface area contributed by atoms with Crippen LogP contribution in [0.1, 0.15) is 39.0 Å². The molecule has 0 aromatic rings. The number of carboxylic acids is 1. The van der Waals surface area contributed by atoms with Crippen LogP contribution in [0.25, 0.3) is 0 Å². The van der Waals surface area contributed by atoms with Crippen molar-refractivity contribution in [2.24, 2.45) is 5.92 Å². The molecule has 1 N–H and O–H groups in total. The average molecular weight is 213 g/mol. The molecule has 1 heterocycles. The number of carbonyl (C=O) groups excluding carboxylic acids is 1. The molecule has 1 aliphatic rings. The molecule has 0 aliphatic carbocycles. The first-order valence-electron chi connectivity index (χ1n) is 5.63. The van der Waals surface area contributed by atoms with Gasteiger partial charge in [-0.2, -0.15) is 0 Å². The van der Waals surface area contributed by atoms with Crippen molar-refractivity contribution in [1.29, 1.82) is 0 Å². The van der Waals surface area contributed by atoms with E-state index in [-0.39, 0.29) is 18.2 Å². The van der Waals surface area contributed by atoms with Crippen LogP contribution in [0.3, 0.4) is 0 Å². The highest BCUT2D eigenvalue weighted by Gasteiger charge is 2.30. The van der Waals surface area contributed by atoms with E-state index in [4.69, 9.17) is 5.11 Å². The van der Waals surface area contributed by atoms with Crippen LogP contribution in [-0.4, -0.2) is 35.0 Å². The van der Waals surface area contributed by atoms with Gasteiger partial charge in [0.15, 0.2) is 0 Å². The zero-order valence-corrected chi connectivity index (χ0v) is 9.24. The van der Waals surface area contributed by atoms with Crippen molar-refractivity contribution in [3.05, 3.63) is 0 Å². The molecule has 0 aromatic heterocycles. The summed E-state index contributed by atoms with van der Waals surface area (Å²) in [6.07, 6.45) is 3.84. The van der Waals surface area contributed by atoms with Gasteiger partial charge in [-0.1, -0.05) is 19.8 Å². The van der Waals surface area contributed by atoms with Crippen molar-refractivity contribution in [3.8, 4) is 0 Å². The first-order valence-corrected chi connectivity index (χ1v) is 5.63. The van der Waals surface area contributed by atoms with Gasteiger partial charge in [-0.15, -0.1) is 0 Å². The molecule has 0 spiro atoms. The first kappa shape index (κ1) is 12.0. The molecule has 0 bridgehead atoms. The Kier molecular flexibility index (Phi) is 4.59. The van der Waals surface area contributed by atoms with Crippen molar-refractivity contribution in [2.75, 3.05) is 13.1 Å². The van der Waals surface area contributed by atoms with Crippen LogP contribution in [0.2, 0.25) is 0 Å². The minimum atomic E-state index is -0.803. The summed E-state index contributed by atoms with van der Waals surface area (Å²) in [5.74, 6) is -0.655. The minimum absolute atomic E-state index is 0.0247. The Balaban J connectivity index is 2.29. The van der Waals surface area contributed by atoms with Gasteiger partial charge >= 0.3 is 5.97 Å². The summed E-state index contributed by atoms with van der Waals surface area (Å²) in [6.45, 7) is 3.55. The summed E-state index contributed by atoms with van der Waals surface area (Å²) in [5, 5.41) is 8.63. The SMILES string of the molecule is CCCCCN1CC(CC(=O)O)CC1=O. The largest absolute Gasteiger partial charge is 0.481 e. The predicted octanol–water partition coefficient (Wildman–Crippen LogP) is 1.50. The number of hydrogen-bond acceptors (Lipinski definition) is 2. The van der Waals surface area contributed by atoms with Gasteiger partial charge in [0.2, 0.25) is 5.91 Å². The van der Waals surface area contributed by atoms with Gasteiger partial charge in [0.25, 0.3) is 0 Å². The predicted molar refractivity (Wildman–Crippen MR) is 56.5 cm³/mol. The molecule has 86 valence electrons. The van der Waals surface area contributed by atoms with Crippen molar-refractivity contribution in [2.45, 2.75) is 39.0 Å². The van der Waals surface area contributed by atoms with Crippen molar-refractivity contribution in [3.63, 3.8) is 0 Å². The molecule has 4 nitrogen and oxygen atoms in total. The molecule has 15 heavy (non-hydrogen) atoms. The molecular formula is C11H19NO3. The van der Waals surface area contributed by atoms with Crippen LogP contribution in [0, 0.1) is 5.92 Å². The van der Waals surface area contributed by atoms with E-state index >= 15 is 0 Å². The molecule has 1 aliphatic heterocycles. The summed E-state index contributed by atoms with van der Waals surface area (Å²) < 4.78 is 0. The van der Waals surface area contributed by atoms with Crippen molar-refractivity contribution >= 4 is 11.9 Å². The Hall–Kier alpha value is -1.06. The first-order chi connectivity index (χ1) is 7.13. The normalized spacial score (nSPS) is 21.0. The molecule has 1 rings (SSSR count). The zero-order chi connectivity index (χ0) is 11.3. The zero-order valence-electron chi connectivity index (χ0n) is 9.24. The van der Waals surface area contributed by atoms with Gasteiger partial charge in [-0.3, -0.25) is 9.59 Å². The van der Waals surface area contributed by atoms with Crippen LogP contribution in [0.5, 0.6) is 0 Å². The summed E-state index contributed by atoms with van der Waals surface area (Å²) in [7, 11) is 0. The number of nitrogens with zero attached hydrogens (tertiary/aromatic N) is 1. The third-order valence-corrected chi connectivity index (χ3v) is 2.79. The monoisotopic (exact) mass is 213 g/mol. The lowest BCUT2D eigenvalue weighted by molar-refractivity contribution is -0.138. The minimum Gasteiger partial charge on any atom is -0.481 e. The van der Waals surface area contributed by atoms with Gasteiger partial charge in [-0.25, -0.2) is 0 Å². The van der Waals surface area contributed by atoms with E-state index in [1.54, 1.807) is 0 Å². The van der Waals surface area contributed by atoms with Gasteiger partial charge < -0.3 is 10.0 Å². The lowest BCUT2D eigenvalue weighted by Gasteiger charge is -2.15. The van der Waals surface area contributed by atoms with Crippen molar-refractivity contribution in [1.82, 2.24) is 4.90 Å². The highest BCUT2D eigenvalue weighted by Crippen LogP contribution is 2.21. The summed E-state index contributed by atoms with van der Waals surface area (Å²) in [4.78, 5) is 23.8. The lowest BCUT2D eigenvalue weighted by atomic mass is 10.1. The quantitative estimate of drug-likeness (QED) is 0.680. The van der Waals surface area contributed by atoms with Crippen LogP contribution in [-0.2, 0) is 9.59 Å². The van der Waals surface area contributed by atoms with E-state index in [9.17, 15) is 9.59 Å². The number of unbranched alkanes of at least 4 members (excludes halogenated alkanes) is 2. The van der Waals surface area contributed by atoms with E-state index in [0.717, 1.165) is 25.8 Å². The second-order valence-corrected chi connectivity index (χ2v) is 4.21. The lowest BCUT2D eigenvalue weighted by Crippen LogP contribution is -2.26. The fourth-order valence-corrected chi connectivity index (χ4v) is 2.01. The number of hydrogen-bond donors (Lipinski definition) is 1. The molecule has 1 saturated heterocycles. The molecule has 0 saturated carbocycles. The van der Waals surface area contributed by atoms with Crippen LogP contribution in [0.4, 0.5) is 0 Å². The topological polar surface area (TPSA) is 57.6 Å². The van der Waals surface area contributed by atoms with E-state index in [1.807, 2.05) is 4.90 Å².